The van der Waals surface area contributed by atoms with Gasteiger partial charge >= 0.3 is 0 Å². The van der Waals surface area contributed by atoms with Crippen molar-refractivity contribution >= 4 is 17.5 Å². The first-order valence-electron chi connectivity index (χ1n) is 6.58. The van der Waals surface area contributed by atoms with Gasteiger partial charge in [-0.2, -0.15) is 0 Å². The Hall–Kier alpha value is -2.04. The smallest absolute Gasteiger partial charge is 0.245 e. The zero-order chi connectivity index (χ0) is 13.1. The van der Waals surface area contributed by atoms with Crippen molar-refractivity contribution in [1.82, 2.24) is 9.80 Å². The van der Waals surface area contributed by atoms with Crippen LogP contribution in [-0.4, -0.2) is 47.4 Å². The van der Waals surface area contributed by atoms with Gasteiger partial charge in [0.2, 0.25) is 11.8 Å². The van der Waals surface area contributed by atoms with Crippen LogP contribution in [0.4, 0.5) is 5.69 Å². The molecule has 0 bridgehead atoms. The summed E-state index contributed by atoms with van der Waals surface area (Å²) in [5.41, 5.74) is 2.32. The van der Waals surface area contributed by atoms with Gasteiger partial charge in [-0.25, -0.2) is 0 Å². The third kappa shape index (κ3) is 1.30. The molecule has 4 rings (SSSR count). The van der Waals surface area contributed by atoms with Gasteiger partial charge in [-0.05, 0) is 18.1 Å². The molecule has 19 heavy (non-hydrogen) atoms. The van der Waals surface area contributed by atoms with Crippen LogP contribution in [0.25, 0.3) is 0 Å². The molecule has 1 aromatic rings. The normalized spacial score (nSPS) is 31.9. The molecular weight excluding hydrogens is 242 g/mol. The van der Waals surface area contributed by atoms with E-state index in [0.717, 1.165) is 12.1 Å². The number of hydrogen-bond acceptors (Lipinski definition) is 3. The molecule has 2 fully saturated rings. The number of anilines is 1. The Bertz CT molecular complexity index is 586. The Labute approximate surface area is 111 Å². The maximum Gasteiger partial charge on any atom is 0.245 e. The maximum atomic E-state index is 12.2. The van der Waals surface area contributed by atoms with E-state index >= 15 is 0 Å². The van der Waals surface area contributed by atoms with E-state index in [0.29, 0.717) is 0 Å². The highest BCUT2D eigenvalue weighted by molar-refractivity contribution is 5.96. The van der Waals surface area contributed by atoms with Crippen LogP contribution in [0.2, 0.25) is 0 Å². The summed E-state index contributed by atoms with van der Waals surface area (Å²) in [6.07, 6.45) is 0.677. The molecule has 0 spiro atoms. The third-order valence-electron chi connectivity index (χ3n) is 4.48. The largest absolute Gasteiger partial charge is 0.364 e. The number of para-hydroxylation sites is 1. The highest BCUT2D eigenvalue weighted by Gasteiger charge is 2.53. The highest BCUT2D eigenvalue weighted by atomic mass is 16.2. The molecule has 5 heteroatoms. The lowest BCUT2D eigenvalue weighted by Gasteiger charge is -2.37. The summed E-state index contributed by atoms with van der Waals surface area (Å²) in [6, 6.07) is 7.83. The Morgan fingerprint density at radius 3 is 2.89 bits per heavy atom. The first kappa shape index (κ1) is 10.8. The lowest BCUT2D eigenvalue weighted by molar-refractivity contribution is -0.153. The summed E-state index contributed by atoms with van der Waals surface area (Å²) < 4.78 is 0. The minimum Gasteiger partial charge on any atom is -0.364 e. The molecule has 5 nitrogen and oxygen atoms in total. The molecule has 1 aromatic carbocycles. The quantitative estimate of drug-likeness (QED) is 0.740. The second-order valence-electron chi connectivity index (χ2n) is 5.53. The van der Waals surface area contributed by atoms with Crippen molar-refractivity contribution in [1.29, 1.82) is 0 Å². The van der Waals surface area contributed by atoms with Crippen molar-refractivity contribution in [3.8, 4) is 0 Å². The number of piperazine rings is 1. The number of fused-ring (bicyclic) bond motifs is 5. The molecule has 0 aromatic heterocycles. The van der Waals surface area contributed by atoms with Crippen molar-refractivity contribution < 1.29 is 9.59 Å². The van der Waals surface area contributed by atoms with Crippen LogP contribution in [0.3, 0.4) is 0 Å². The van der Waals surface area contributed by atoms with E-state index in [4.69, 9.17) is 0 Å². The van der Waals surface area contributed by atoms with E-state index in [9.17, 15) is 9.59 Å². The van der Waals surface area contributed by atoms with E-state index < -0.39 is 0 Å². The minimum absolute atomic E-state index is 0.0416. The van der Waals surface area contributed by atoms with Crippen molar-refractivity contribution in [2.75, 3.05) is 18.9 Å². The van der Waals surface area contributed by atoms with Gasteiger partial charge < -0.3 is 15.1 Å². The van der Waals surface area contributed by atoms with Crippen LogP contribution in [0, 0.1) is 0 Å². The van der Waals surface area contributed by atoms with Crippen molar-refractivity contribution in [2.45, 2.75) is 24.5 Å². The second kappa shape index (κ2) is 3.50. The molecule has 2 saturated heterocycles. The van der Waals surface area contributed by atoms with E-state index in [1.54, 1.807) is 11.9 Å². The summed E-state index contributed by atoms with van der Waals surface area (Å²) in [5.74, 6) is 0.341. The SMILES string of the molecule is CN1CC(=O)N2C(C[C@@H]3c4ccccc4NC32)C1=O. The van der Waals surface area contributed by atoms with Crippen LogP contribution in [0.5, 0.6) is 0 Å². The number of carbonyl (C=O) groups is 2. The summed E-state index contributed by atoms with van der Waals surface area (Å²) >= 11 is 0. The number of likely N-dealkylation sites (N-methyl/N-ethyl adjacent to an activating group) is 1. The molecule has 0 radical (unpaired) electrons. The zero-order valence-corrected chi connectivity index (χ0v) is 10.7. The number of nitrogens with one attached hydrogen (secondary N) is 1. The summed E-state index contributed by atoms with van der Waals surface area (Å²) in [7, 11) is 1.70. The molecule has 2 amide bonds. The Morgan fingerprint density at radius 2 is 2.05 bits per heavy atom. The minimum atomic E-state index is -0.290. The van der Waals surface area contributed by atoms with Gasteiger partial charge in [-0.15, -0.1) is 0 Å². The topological polar surface area (TPSA) is 52.7 Å². The molecule has 3 atom stereocenters. The molecular formula is C14H15N3O2. The summed E-state index contributed by atoms with van der Waals surface area (Å²) in [6.45, 7) is 0.191. The predicted molar refractivity (Wildman–Crippen MR) is 69.5 cm³/mol. The number of amides is 2. The van der Waals surface area contributed by atoms with Gasteiger partial charge in [0.05, 0.1) is 6.54 Å². The molecule has 3 aliphatic rings. The van der Waals surface area contributed by atoms with Crippen molar-refractivity contribution in [3.05, 3.63) is 29.8 Å². The van der Waals surface area contributed by atoms with Crippen molar-refractivity contribution in [3.63, 3.8) is 0 Å². The van der Waals surface area contributed by atoms with E-state index in [-0.39, 0.29) is 36.5 Å². The molecule has 0 saturated carbocycles. The van der Waals surface area contributed by atoms with Gasteiger partial charge in [0.15, 0.2) is 0 Å². The molecule has 1 N–H and O–H groups in total. The molecule has 3 heterocycles. The number of benzene rings is 1. The van der Waals surface area contributed by atoms with Gasteiger partial charge in [0.1, 0.15) is 12.2 Å². The van der Waals surface area contributed by atoms with Crippen LogP contribution in [-0.2, 0) is 9.59 Å². The van der Waals surface area contributed by atoms with Crippen LogP contribution in [0.1, 0.15) is 17.9 Å². The fourth-order valence-corrected chi connectivity index (χ4v) is 3.61. The zero-order valence-electron chi connectivity index (χ0n) is 10.7. The van der Waals surface area contributed by atoms with E-state index in [1.807, 2.05) is 18.2 Å². The van der Waals surface area contributed by atoms with Crippen molar-refractivity contribution in [2.24, 2.45) is 0 Å². The fraction of sp³-hybridized carbons (Fsp3) is 0.429. The maximum absolute atomic E-state index is 12.2. The number of carbonyl (C=O) groups excluding carboxylic acids is 2. The number of nitrogens with zero attached hydrogens (tertiary/aromatic N) is 2. The summed E-state index contributed by atoms with van der Waals surface area (Å²) in [4.78, 5) is 27.7. The third-order valence-corrected chi connectivity index (χ3v) is 4.48. The highest BCUT2D eigenvalue weighted by Crippen LogP contribution is 2.46. The number of hydrogen-bond donors (Lipinski definition) is 1. The van der Waals surface area contributed by atoms with Gasteiger partial charge in [-0.3, -0.25) is 9.59 Å². The second-order valence-corrected chi connectivity index (χ2v) is 5.53. The van der Waals surface area contributed by atoms with Crippen LogP contribution in [0.15, 0.2) is 24.3 Å². The molecule has 3 aliphatic heterocycles. The van der Waals surface area contributed by atoms with E-state index in [1.165, 1.54) is 10.5 Å². The predicted octanol–water partition coefficient (Wildman–Crippen LogP) is 0.595. The lowest BCUT2D eigenvalue weighted by atomic mass is 9.96. The van der Waals surface area contributed by atoms with Gasteiger partial charge in [0.25, 0.3) is 0 Å². The van der Waals surface area contributed by atoms with Crippen LogP contribution >= 0.6 is 0 Å². The fourth-order valence-electron chi connectivity index (χ4n) is 3.61. The van der Waals surface area contributed by atoms with Gasteiger partial charge in [-0.1, -0.05) is 18.2 Å². The van der Waals surface area contributed by atoms with Gasteiger partial charge in [0, 0.05) is 18.7 Å². The lowest BCUT2D eigenvalue weighted by Crippen LogP contribution is -2.59. The standard InChI is InChI=1S/C14H15N3O2/c1-16-7-12(18)17-11(14(16)19)6-9-8-4-2-3-5-10(8)15-13(9)17/h2-5,9,11,13,15H,6-7H2,1H3/t9-,11?,13?/m1/s1. The summed E-state index contributed by atoms with van der Waals surface area (Å²) in [5, 5.41) is 3.40. The Balaban J connectivity index is 1.75. The Morgan fingerprint density at radius 1 is 1.26 bits per heavy atom. The molecule has 2 unspecified atom stereocenters. The first-order valence-corrected chi connectivity index (χ1v) is 6.58. The Kier molecular flexibility index (Phi) is 2.00. The monoisotopic (exact) mass is 257 g/mol. The molecule has 98 valence electrons. The van der Waals surface area contributed by atoms with E-state index in [2.05, 4.69) is 11.4 Å². The molecule has 0 aliphatic carbocycles. The average Bonchev–Trinajstić information content (AvgIpc) is 2.91. The van der Waals surface area contributed by atoms with Crippen LogP contribution < -0.4 is 5.32 Å². The first-order chi connectivity index (χ1) is 9.16. The number of rotatable bonds is 0. The average molecular weight is 257 g/mol.